The van der Waals surface area contributed by atoms with Crippen LogP contribution in [0.3, 0.4) is 0 Å². The highest BCUT2D eigenvalue weighted by molar-refractivity contribution is 5.94. The largest absolute Gasteiger partial charge is 0.465 e. The number of rotatable bonds is 4. The van der Waals surface area contributed by atoms with Crippen LogP contribution in [-0.4, -0.2) is 70.2 Å². The predicted molar refractivity (Wildman–Crippen MR) is 131 cm³/mol. The van der Waals surface area contributed by atoms with E-state index >= 15 is 4.39 Å². The number of carbonyl (C=O) groups excluding carboxylic acids is 2. The van der Waals surface area contributed by atoms with Crippen LogP contribution in [0.2, 0.25) is 0 Å². The Bertz CT molecular complexity index is 1470. The highest BCUT2D eigenvalue weighted by Crippen LogP contribution is 2.38. The van der Waals surface area contributed by atoms with Crippen molar-refractivity contribution in [2.45, 2.75) is 37.8 Å². The number of hydrogen-bond acceptors (Lipinski definition) is 10. The molecule has 198 valence electrons. The third-order valence-electron chi connectivity index (χ3n) is 7.89. The van der Waals surface area contributed by atoms with Gasteiger partial charge in [-0.15, -0.1) is 0 Å². The molecule has 1 aliphatic carbocycles. The lowest BCUT2D eigenvalue weighted by atomic mass is 9.90. The van der Waals surface area contributed by atoms with E-state index < -0.39 is 11.7 Å². The van der Waals surface area contributed by atoms with Crippen molar-refractivity contribution in [2.75, 3.05) is 43.0 Å². The molecular weight excluding hydrogens is 497 g/mol. The fraction of sp³-hybridized carbons (Fsp3) is 0.480. The van der Waals surface area contributed by atoms with Crippen LogP contribution in [0.5, 0.6) is 5.88 Å². The van der Waals surface area contributed by atoms with Crippen LogP contribution in [0.25, 0.3) is 11.1 Å². The van der Waals surface area contributed by atoms with Crippen molar-refractivity contribution in [3.63, 3.8) is 0 Å². The Labute approximate surface area is 216 Å². The van der Waals surface area contributed by atoms with E-state index in [1.165, 1.54) is 11.1 Å². The fourth-order valence-electron chi connectivity index (χ4n) is 6.01. The van der Waals surface area contributed by atoms with Crippen LogP contribution in [0.15, 0.2) is 16.7 Å². The van der Waals surface area contributed by atoms with Crippen LogP contribution < -0.4 is 20.7 Å². The van der Waals surface area contributed by atoms with Gasteiger partial charge in [-0.05, 0) is 36.0 Å². The summed E-state index contributed by atoms with van der Waals surface area (Å²) >= 11 is 0. The van der Waals surface area contributed by atoms with Crippen molar-refractivity contribution in [3.05, 3.63) is 35.1 Å². The van der Waals surface area contributed by atoms with E-state index in [4.69, 9.17) is 19.6 Å². The molecule has 1 aromatic carbocycles. The maximum absolute atomic E-state index is 15.1. The summed E-state index contributed by atoms with van der Waals surface area (Å²) in [5, 5.41) is 2.61. The third kappa shape index (κ3) is 3.84. The van der Waals surface area contributed by atoms with Gasteiger partial charge in [0.1, 0.15) is 11.1 Å². The summed E-state index contributed by atoms with van der Waals surface area (Å²) in [6.45, 7) is 2.74. The lowest BCUT2D eigenvalue weighted by Crippen LogP contribution is -2.48. The van der Waals surface area contributed by atoms with Gasteiger partial charge in [-0.3, -0.25) is 9.69 Å². The number of piperidine rings is 1. The van der Waals surface area contributed by atoms with Crippen LogP contribution in [0.1, 0.15) is 29.9 Å². The van der Waals surface area contributed by atoms with Gasteiger partial charge in [0.15, 0.2) is 29.6 Å². The van der Waals surface area contributed by atoms with Crippen LogP contribution >= 0.6 is 0 Å². The Morgan fingerprint density at radius 2 is 2.05 bits per heavy atom. The van der Waals surface area contributed by atoms with Gasteiger partial charge in [-0.25, -0.2) is 24.1 Å². The number of hydrogen-bond donors (Lipinski definition) is 2. The molecule has 5 heterocycles. The normalized spacial score (nSPS) is 22.4. The second-order valence-electron chi connectivity index (χ2n) is 10.4. The van der Waals surface area contributed by atoms with E-state index in [1.807, 2.05) is 6.07 Å². The number of oxazole rings is 1. The summed E-state index contributed by atoms with van der Waals surface area (Å²) in [6, 6.07) is 1.93. The fourth-order valence-corrected chi connectivity index (χ4v) is 6.01. The van der Waals surface area contributed by atoms with Gasteiger partial charge in [0, 0.05) is 32.5 Å². The average Bonchev–Trinajstić information content (AvgIpc) is 3.60. The van der Waals surface area contributed by atoms with Gasteiger partial charge in [0.2, 0.25) is 5.89 Å². The number of nitrogens with one attached hydrogen (secondary N) is 1. The number of aromatic nitrogens is 3. The number of nitrogens with two attached hydrogens (primary N) is 1. The quantitative estimate of drug-likeness (QED) is 0.518. The van der Waals surface area contributed by atoms with Crippen LogP contribution in [0.4, 0.5) is 20.8 Å². The minimum atomic E-state index is -0.605. The summed E-state index contributed by atoms with van der Waals surface area (Å²) in [6.07, 6.45) is 3.77. The predicted octanol–water partition coefficient (Wildman–Crippen LogP) is 1.75. The third-order valence-corrected chi connectivity index (χ3v) is 7.89. The molecule has 3 N–H and O–H groups in total. The molecule has 4 aliphatic rings. The van der Waals surface area contributed by atoms with E-state index in [1.54, 1.807) is 0 Å². The average molecular weight is 524 g/mol. The smallest absolute Gasteiger partial charge is 0.416 e. The SMILES string of the molecule is NCc1nc2cc3c(c(F)c2o1)CC(CN1CCC2(CC1)CN(c1cnc4c(n1)NC(=O)CO4)C(=O)O2)C3. The Balaban J connectivity index is 0.987. The second-order valence-corrected chi connectivity index (χ2v) is 10.4. The molecule has 38 heavy (non-hydrogen) atoms. The lowest BCUT2D eigenvalue weighted by molar-refractivity contribution is -0.118. The molecule has 3 aliphatic heterocycles. The Morgan fingerprint density at radius 1 is 1.21 bits per heavy atom. The monoisotopic (exact) mass is 523 g/mol. The molecule has 0 radical (unpaired) electrons. The van der Waals surface area contributed by atoms with Crippen LogP contribution in [0, 0.1) is 11.7 Å². The Hall–Kier alpha value is -3.84. The molecule has 0 saturated carbocycles. The van der Waals surface area contributed by atoms with Crippen molar-refractivity contribution in [1.82, 2.24) is 19.9 Å². The van der Waals surface area contributed by atoms with E-state index in [9.17, 15) is 9.59 Å². The van der Waals surface area contributed by atoms with Crippen molar-refractivity contribution >= 4 is 34.7 Å². The summed E-state index contributed by atoms with van der Waals surface area (Å²) in [7, 11) is 0. The van der Waals surface area contributed by atoms with Crippen molar-refractivity contribution in [3.8, 4) is 5.88 Å². The number of amides is 2. The Kier molecular flexibility index (Phi) is 5.27. The summed E-state index contributed by atoms with van der Waals surface area (Å²) in [5.74, 6) is 0.716. The van der Waals surface area contributed by atoms with E-state index in [-0.39, 0.29) is 42.2 Å². The molecule has 1 spiro atoms. The highest BCUT2D eigenvalue weighted by Gasteiger charge is 2.48. The van der Waals surface area contributed by atoms with Gasteiger partial charge < -0.3 is 29.8 Å². The van der Waals surface area contributed by atoms with Crippen molar-refractivity contribution in [2.24, 2.45) is 11.7 Å². The number of fused-ring (bicyclic) bond motifs is 3. The molecule has 3 aromatic rings. The minimum Gasteiger partial charge on any atom is -0.465 e. The molecule has 2 saturated heterocycles. The molecular formula is C25H26FN7O5. The first-order chi connectivity index (χ1) is 18.4. The van der Waals surface area contributed by atoms with Crippen LogP contribution in [-0.2, 0) is 28.9 Å². The van der Waals surface area contributed by atoms with Crippen molar-refractivity contribution in [1.29, 1.82) is 0 Å². The van der Waals surface area contributed by atoms with Gasteiger partial charge in [0.05, 0.1) is 19.3 Å². The first-order valence-electron chi connectivity index (χ1n) is 12.7. The van der Waals surface area contributed by atoms with Gasteiger partial charge in [0.25, 0.3) is 11.8 Å². The molecule has 7 rings (SSSR count). The number of ether oxygens (including phenoxy) is 2. The second kappa shape index (κ2) is 8.60. The number of nitrogens with zero attached hydrogens (tertiary/aromatic N) is 5. The molecule has 2 amide bonds. The van der Waals surface area contributed by atoms with Crippen molar-refractivity contribution < 1.29 is 27.9 Å². The maximum Gasteiger partial charge on any atom is 0.416 e. The lowest BCUT2D eigenvalue weighted by Gasteiger charge is -2.38. The van der Waals surface area contributed by atoms with Gasteiger partial charge in [-0.1, -0.05) is 0 Å². The zero-order valence-corrected chi connectivity index (χ0v) is 20.5. The Morgan fingerprint density at radius 3 is 2.87 bits per heavy atom. The molecule has 2 fully saturated rings. The molecule has 1 atom stereocenters. The maximum atomic E-state index is 15.1. The summed E-state index contributed by atoms with van der Waals surface area (Å²) in [4.78, 5) is 41.0. The summed E-state index contributed by atoms with van der Waals surface area (Å²) < 4.78 is 31.7. The van der Waals surface area contributed by atoms with E-state index in [0.717, 1.165) is 31.6 Å². The van der Waals surface area contributed by atoms with Gasteiger partial charge >= 0.3 is 6.09 Å². The zero-order chi connectivity index (χ0) is 26.0. The first kappa shape index (κ1) is 23.3. The first-order valence-corrected chi connectivity index (χ1v) is 12.7. The number of halogens is 1. The molecule has 12 nitrogen and oxygen atoms in total. The standard InChI is InChI=1S/C25H26FN7O5/c26-20-15-6-13(5-14(15)7-16-21(20)37-19(8-27)29-16)10-32-3-1-25(2-4-32)12-33(24(35)38-25)17-9-28-23-22(30-17)31-18(34)11-36-23/h7,9,13H,1-6,8,10-12,27H2,(H,30,31,34). The molecule has 13 heteroatoms. The molecule has 2 aromatic heterocycles. The zero-order valence-electron chi connectivity index (χ0n) is 20.5. The van der Waals surface area contributed by atoms with E-state index in [0.29, 0.717) is 54.5 Å². The summed E-state index contributed by atoms with van der Waals surface area (Å²) in [5.41, 5.74) is 7.40. The molecule has 0 bridgehead atoms. The highest BCUT2D eigenvalue weighted by atomic mass is 19.1. The number of likely N-dealkylation sites (tertiary alicyclic amines) is 1. The van der Waals surface area contributed by atoms with E-state index in [2.05, 4.69) is 25.2 Å². The topological polar surface area (TPSA) is 149 Å². The molecule has 1 unspecified atom stereocenters. The minimum absolute atomic E-state index is 0.116. The number of anilines is 2. The van der Waals surface area contributed by atoms with Gasteiger partial charge in [-0.2, -0.15) is 0 Å². The number of carbonyl (C=O) groups is 2. The number of benzene rings is 1.